The predicted octanol–water partition coefficient (Wildman–Crippen LogP) is 5.68. The molecular formula is C23H19N3O3S2. The molecule has 8 heteroatoms. The summed E-state index contributed by atoms with van der Waals surface area (Å²) in [5.74, 6) is 0.00705. The maximum atomic E-state index is 12.3. The maximum absolute atomic E-state index is 12.3. The third-order valence-corrected chi connectivity index (χ3v) is 5.87. The van der Waals surface area contributed by atoms with E-state index in [0.29, 0.717) is 23.1 Å². The van der Waals surface area contributed by atoms with Gasteiger partial charge in [0.05, 0.1) is 19.0 Å². The number of carbonyl (C=O) groups is 1. The van der Waals surface area contributed by atoms with Gasteiger partial charge in [0.25, 0.3) is 0 Å². The van der Waals surface area contributed by atoms with Crippen molar-refractivity contribution in [1.29, 1.82) is 0 Å². The molecule has 0 aliphatic heterocycles. The van der Waals surface area contributed by atoms with Crippen LogP contribution in [-0.2, 0) is 11.3 Å². The largest absolute Gasteiger partial charge is 0.488 e. The number of ether oxygens (including phenoxy) is 2. The summed E-state index contributed by atoms with van der Waals surface area (Å²) in [4.78, 5) is 17.9. The van der Waals surface area contributed by atoms with Gasteiger partial charge in [-0.3, -0.25) is 5.43 Å². The van der Waals surface area contributed by atoms with E-state index in [2.05, 4.69) is 15.5 Å². The molecule has 2 aromatic carbocycles. The highest BCUT2D eigenvalue weighted by Gasteiger charge is 2.16. The summed E-state index contributed by atoms with van der Waals surface area (Å²) in [6.45, 7) is 0.358. The highest BCUT2D eigenvalue weighted by molar-refractivity contribution is 7.14. The molecule has 2 aromatic heterocycles. The number of nitrogens with zero attached hydrogens (tertiary/aromatic N) is 2. The van der Waals surface area contributed by atoms with E-state index in [9.17, 15) is 4.79 Å². The molecule has 0 radical (unpaired) electrons. The number of rotatable bonds is 8. The van der Waals surface area contributed by atoms with Gasteiger partial charge in [-0.15, -0.1) is 22.7 Å². The van der Waals surface area contributed by atoms with E-state index in [4.69, 9.17) is 9.47 Å². The Bertz CT molecular complexity index is 1170. The van der Waals surface area contributed by atoms with Gasteiger partial charge in [0.2, 0.25) is 5.13 Å². The fourth-order valence-corrected chi connectivity index (χ4v) is 4.05. The Kier molecular flexibility index (Phi) is 6.71. The summed E-state index contributed by atoms with van der Waals surface area (Å²) in [5.41, 5.74) is 5.83. The van der Waals surface area contributed by atoms with Gasteiger partial charge in [0, 0.05) is 15.8 Å². The van der Waals surface area contributed by atoms with Crippen molar-refractivity contribution in [1.82, 2.24) is 4.98 Å². The first-order valence-corrected chi connectivity index (χ1v) is 11.2. The molecule has 2 heterocycles. The van der Waals surface area contributed by atoms with Crippen molar-refractivity contribution in [2.24, 2.45) is 5.10 Å². The molecule has 0 saturated carbocycles. The van der Waals surface area contributed by atoms with Crippen LogP contribution < -0.4 is 10.2 Å². The van der Waals surface area contributed by atoms with Gasteiger partial charge in [-0.2, -0.15) is 5.10 Å². The van der Waals surface area contributed by atoms with Gasteiger partial charge < -0.3 is 9.47 Å². The van der Waals surface area contributed by atoms with Gasteiger partial charge in [-0.25, -0.2) is 9.78 Å². The van der Waals surface area contributed by atoms with Gasteiger partial charge in [0.1, 0.15) is 17.9 Å². The zero-order valence-electron chi connectivity index (χ0n) is 16.6. The lowest BCUT2D eigenvalue weighted by Crippen LogP contribution is -2.06. The number of esters is 1. The van der Waals surface area contributed by atoms with Crippen LogP contribution in [0, 0.1) is 0 Å². The number of thiazole rings is 1. The minimum absolute atomic E-state index is 0.356. The van der Waals surface area contributed by atoms with Gasteiger partial charge >= 0.3 is 5.97 Å². The molecule has 6 nitrogen and oxygen atoms in total. The molecule has 156 valence electrons. The van der Waals surface area contributed by atoms with Crippen molar-refractivity contribution in [3.63, 3.8) is 0 Å². The molecule has 0 atom stereocenters. The highest BCUT2D eigenvalue weighted by Crippen LogP contribution is 2.30. The molecule has 0 fully saturated rings. The number of thiophene rings is 1. The van der Waals surface area contributed by atoms with Crippen molar-refractivity contribution in [2.75, 3.05) is 12.5 Å². The molecule has 0 aliphatic rings. The number of carbonyl (C=O) groups excluding carboxylic acids is 1. The highest BCUT2D eigenvalue weighted by atomic mass is 32.1. The van der Waals surface area contributed by atoms with Gasteiger partial charge in [-0.05, 0) is 35.2 Å². The lowest BCUT2D eigenvalue weighted by Gasteiger charge is -2.11. The average Bonchev–Trinajstić information content (AvgIpc) is 3.50. The predicted molar refractivity (Wildman–Crippen MR) is 125 cm³/mol. The number of aromatic nitrogens is 1. The van der Waals surface area contributed by atoms with Crippen LogP contribution in [0.1, 0.15) is 20.8 Å². The van der Waals surface area contributed by atoms with Crippen molar-refractivity contribution in [2.45, 2.75) is 6.61 Å². The molecule has 0 amide bonds. The molecule has 0 unspecified atom stereocenters. The first kappa shape index (κ1) is 20.8. The molecule has 0 spiro atoms. The van der Waals surface area contributed by atoms with Crippen LogP contribution >= 0.6 is 22.7 Å². The number of anilines is 1. The molecule has 0 aliphatic carbocycles. The minimum atomic E-state index is -0.459. The Morgan fingerprint density at radius 1 is 1.13 bits per heavy atom. The number of hydrogen-bond acceptors (Lipinski definition) is 8. The second kappa shape index (κ2) is 10.0. The summed E-state index contributed by atoms with van der Waals surface area (Å²) < 4.78 is 10.8. The van der Waals surface area contributed by atoms with Crippen molar-refractivity contribution in [3.05, 3.63) is 87.4 Å². The molecule has 31 heavy (non-hydrogen) atoms. The molecule has 0 bridgehead atoms. The lowest BCUT2D eigenvalue weighted by molar-refractivity contribution is 0.0595. The van der Waals surface area contributed by atoms with Gasteiger partial charge in [0.15, 0.2) is 0 Å². The Hall–Kier alpha value is -3.49. The van der Waals surface area contributed by atoms with E-state index in [0.717, 1.165) is 21.7 Å². The quantitative estimate of drug-likeness (QED) is 0.213. The zero-order valence-corrected chi connectivity index (χ0v) is 18.3. The van der Waals surface area contributed by atoms with E-state index in [1.807, 2.05) is 59.3 Å². The van der Waals surface area contributed by atoms with Crippen LogP contribution in [0.15, 0.2) is 76.5 Å². The SMILES string of the molecule is COC(=O)c1cc(-c2csc(N/N=C/c3cccs3)n2)ccc1OCc1ccccc1. The lowest BCUT2D eigenvalue weighted by atomic mass is 10.1. The number of benzene rings is 2. The summed E-state index contributed by atoms with van der Waals surface area (Å²) in [6, 6.07) is 19.1. The molecule has 0 saturated heterocycles. The minimum Gasteiger partial charge on any atom is -0.488 e. The Balaban J connectivity index is 1.50. The van der Waals surface area contributed by atoms with Crippen molar-refractivity contribution >= 4 is 40.0 Å². The maximum Gasteiger partial charge on any atom is 0.341 e. The van der Waals surface area contributed by atoms with Crippen molar-refractivity contribution < 1.29 is 14.3 Å². The number of nitrogens with one attached hydrogen (secondary N) is 1. The summed E-state index contributed by atoms with van der Waals surface area (Å²) in [7, 11) is 1.35. The third-order valence-electron chi connectivity index (χ3n) is 4.32. The Morgan fingerprint density at radius 3 is 2.77 bits per heavy atom. The third kappa shape index (κ3) is 5.36. The summed E-state index contributed by atoms with van der Waals surface area (Å²) >= 11 is 3.04. The number of methoxy groups -OCH3 is 1. The second-order valence-electron chi connectivity index (χ2n) is 6.40. The van der Waals surface area contributed by atoms with Crippen LogP contribution in [0.2, 0.25) is 0 Å². The van der Waals surface area contributed by atoms with E-state index in [-0.39, 0.29) is 0 Å². The normalized spacial score (nSPS) is 10.9. The number of hydrogen-bond donors (Lipinski definition) is 1. The topological polar surface area (TPSA) is 72.8 Å². The van der Waals surface area contributed by atoms with Crippen LogP contribution in [0.4, 0.5) is 5.13 Å². The van der Waals surface area contributed by atoms with Crippen LogP contribution in [-0.4, -0.2) is 24.3 Å². The molecular weight excluding hydrogens is 430 g/mol. The summed E-state index contributed by atoms with van der Waals surface area (Å²) in [5, 5.41) is 8.77. The fraction of sp³-hybridized carbons (Fsp3) is 0.0870. The molecule has 4 aromatic rings. The average molecular weight is 450 g/mol. The molecule has 1 N–H and O–H groups in total. The fourth-order valence-electron chi connectivity index (χ4n) is 2.79. The van der Waals surface area contributed by atoms with E-state index in [1.165, 1.54) is 18.4 Å². The van der Waals surface area contributed by atoms with Crippen LogP contribution in [0.3, 0.4) is 0 Å². The van der Waals surface area contributed by atoms with Crippen LogP contribution in [0.5, 0.6) is 5.75 Å². The van der Waals surface area contributed by atoms with E-state index < -0.39 is 5.97 Å². The van der Waals surface area contributed by atoms with Crippen LogP contribution in [0.25, 0.3) is 11.3 Å². The standard InChI is InChI=1S/C23H19N3O3S2/c1-28-22(27)19-12-17(9-10-21(19)29-14-16-6-3-2-4-7-16)20-15-31-23(25-20)26-24-13-18-8-5-11-30-18/h2-13,15H,14H2,1H3,(H,25,26)/b24-13+. The first-order valence-electron chi connectivity index (χ1n) is 9.40. The summed E-state index contributed by atoms with van der Waals surface area (Å²) in [6.07, 6.45) is 1.75. The van der Waals surface area contributed by atoms with Crippen molar-refractivity contribution in [3.8, 4) is 17.0 Å². The smallest absolute Gasteiger partial charge is 0.341 e. The second-order valence-corrected chi connectivity index (χ2v) is 8.24. The Morgan fingerprint density at radius 2 is 2.00 bits per heavy atom. The Labute approximate surface area is 187 Å². The number of hydrazone groups is 1. The zero-order chi connectivity index (χ0) is 21.5. The van der Waals surface area contributed by atoms with E-state index >= 15 is 0 Å². The van der Waals surface area contributed by atoms with Gasteiger partial charge in [-0.1, -0.05) is 36.4 Å². The first-order chi connectivity index (χ1) is 15.2. The van der Waals surface area contributed by atoms with E-state index in [1.54, 1.807) is 29.7 Å². The molecule has 4 rings (SSSR count). The monoisotopic (exact) mass is 449 g/mol.